The molecule has 10 heteroatoms. The molecule has 0 N–H and O–H groups in total. The summed E-state index contributed by atoms with van der Waals surface area (Å²) >= 11 is 8.57. The van der Waals surface area contributed by atoms with Gasteiger partial charge in [-0.25, -0.2) is 13.1 Å². The van der Waals surface area contributed by atoms with Gasteiger partial charge in [0.05, 0.1) is 11.6 Å². The molecule has 0 atom stereocenters. The van der Waals surface area contributed by atoms with Gasteiger partial charge in [-0.1, -0.05) is 52.9 Å². The van der Waals surface area contributed by atoms with Gasteiger partial charge in [0.25, 0.3) is 0 Å². The fourth-order valence-corrected chi connectivity index (χ4v) is 6.36. The Bertz CT molecular complexity index is 987. The first-order valence-electron chi connectivity index (χ1n) is 8.90. The maximum Gasteiger partial charge on any atom is 0.243 e. The molecule has 1 aliphatic rings. The number of aryl methyl sites for hydroxylation is 1. The van der Waals surface area contributed by atoms with Crippen molar-refractivity contribution >= 4 is 45.3 Å². The van der Waals surface area contributed by atoms with Gasteiger partial charge < -0.3 is 0 Å². The predicted molar refractivity (Wildman–Crippen MR) is 118 cm³/mol. The molecule has 152 valence electrons. The minimum absolute atomic E-state index is 0.354. The van der Waals surface area contributed by atoms with E-state index in [4.69, 9.17) is 12.2 Å². The number of sulfonamides is 1. The van der Waals surface area contributed by atoms with E-state index in [1.165, 1.54) is 11.3 Å². The van der Waals surface area contributed by atoms with Crippen molar-refractivity contribution in [3.63, 3.8) is 0 Å². The van der Waals surface area contributed by atoms with Crippen LogP contribution in [0.1, 0.15) is 12.5 Å². The van der Waals surface area contributed by atoms with Crippen molar-refractivity contribution in [2.75, 3.05) is 31.9 Å². The first-order chi connectivity index (χ1) is 13.3. The van der Waals surface area contributed by atoms with Crippen LogP contribution >= 0.6 is 35.3 Å². The lowest BCUT2D eigenvalue weighted by Crippen LogP contribution is -2.48. The van der Waals surface area contributed by atoms with E-state index in [2.05, 4.69) is 16.6 Å². The zero-order valence-electron chi connectivity index (χ0n) is 16.0. The minimum Gasteiger partial charge on any atom is -0.282 e. The second kappa shape index (κ2) is 9.19. The molecule has 0 bridgehead atoms. The lowest BCUT2D eigenvalue weighted by Gasteiger charge is -2.33. The van der Waals surface area contributed by atoms with Gasteiger partial charge in [-0.2, -0.15) is 9.40 Å². The second-order valence-electron chi connectivity index (χ2n) is 6.86. The van der Waals surface area contributed by atoms with Crippen molar-refractivity contribution in [1.82, 2.24) is 19.0 Å². The Morgan fingerprint density at radius 2 is 1.89 bits per heavy atom. The highest BCUT2D eigenvalue weighted by molar-refractivity contribution is 8.01. The quantitative estimate of drug-likeness (QED) is 0.360. The summed E-state index contributed by atoms with van der Waals surface area (Å²) < 4.78 is 30.7. The largest absolute Gasteiger partial charge is 0.282 e. The molecule has 1 aromatic heterocycles. The van der Waals surface area contributed by atoms with Crippen LogP contribution in [0.2, 0.25) is 0 Å². The van der Waals surface area contributed by atoms with E-state index in [0.29, 0.717) is 37.7 Å². The van der Waals surface area contributed by atoms with Gasteiger partial charge in [0, 0.05) is 31.9 Å². The Morgan fingerprint density at radius 1 is 1.25 bits per heavy atom. The average Bonchev–Trinajstić information content (AvgIpc) is 3.00. The molecule has 2 aromatic rings. The Kier molecular flexibility index (Phi) is 7.11. The lowest BCUT2D eigenvalue weighted by molar-refractivity contribution is 0.144. The highest BCUT2D eigenvalue weighted by Crippen LogP contribution is 2.24. The van der Waals surface area contributed by atoms with Crippen LogP contribution in [0.4, 0.5) is 0 Å². The average molecular weight is 457 g/mol. The molecule has 0 spiro atoms. The van der Waals surface area contributed by atoms with Crippen LogP contribution in [0.25, 0.3) is 0 Å². The molecular weight excluding hydrogens is 432 g/mol. The normalized spacial score (nSPS) is 16.4. The highest BCUT2D eigenvalue weighted by atomic mass is 32.2. The number of benzene rings is 1. The van der Waals surface area contributed by atoms with Crippen LogP contribution in [-0.4, -0.2) is 59.3 Å². The summed E-state index contributed by atoms with van der Waals surface area (Å²) in [4.78, 5) is 2.54. The topological polar surface area (TPSA) is 58.4 Å². The number of piperazine rings is 1. The fraction of sp³-hybridized carbons (Fsp3) is 0.444. The zero-order chi connectivity index (χ0) is 20.3. The molecule has 0 amide bonds. The molecule has 0 saturated carbocycles. The minimum atomic E-state index is -3.44. The van der Waals surface area contributed by atoms with Crippen molar-refractivity contribution in [2.45, 2.75) is 29.8 Å². The number of aromatic nitrogens is 2. The highest BCUT2D eigenvalue weighted by Gasteiger charge is 2.28. The zero-order valence-corrected chi connectivity index (χ0v) is 19.3. The van der Waals surface area contributed by atoms with Gasteiger partial charge in [-0.05, 0) is 38.2 Å². The first kappa shape index (κ1) is 21.7. The van der Waals surface area contributed by atoms with E-state index in [1.807, 2.05) is 30.7 Å². The number of hydrogen-bond donors (Lipinski definition) is 0. The molecule has 1 fully saturated rings. The van der Waals surface area contributed by atoms with Crippen molar-refractivity contribution in [1.29, 1.82) is 0 Å². The molecule has 3 rings (SSSR count). The van der Waals surface area contributed by atoms with E-state index in [9.17, 15) is 8.42 Å². The molecule has 0 unspecified atom stereocenters. The Balaban J connectivity index is 1.59. The number of hydrogen-bond acceptors (Lipinski definition) is 7. The summed E-state index contributed by atoms with van der Waals surface area (Å²) in [6.07, 6.45) is 0. The van der Waals surface area contributed by atoms with Crippen LogP contribution in [0.15, 0.2) is 45.7 Å². The first-order valence-corrected chi connectivity index (χ1v) is 12.5. The van der Waals surface area contributed by atoms with Gasteiger partial charge >= 0.3 is 0 Å². The van der Waals surface area contributed by atoms with Crippen LogP contribution < -0.4 is 0 Å². The Morgan fingerprint density at radius 3 is 2.50 bits per heavy atom. The second-order valence-corrected chi connectivity index (χ2v) is 11.6. The molecule has 1 saturated heterocycles. The molecular formula is C18H24N4O2S4. The van der Waals surface area contributed by atoms with E-state index in [-0.39, 0.29) is 0 Å². The molecule has 1 aliphatic heterocycles. The molecule has 2 heterocycles. The van der Waals surface area contributed by atoms with Crippen molar-refractivity contribution in [3.05, 3.63) is 45.9 Å². The third-order valence-corrected chi connectivity index (χ3v) is 8.94. The number of nitrogens with zero attached hydrogens (tertiary/aromatic N) is 4. The standard InChI is InChI=1S/C18H24N4O2S4/c1-14(2)12-26-17-19-22(18(25)27-17)13-20-8-10-21(11-9-20)28(23,24)16-6-4-15(3)5-7-16/h4-7H,1,8-13H2,2-3H3. The van der Waals surface area contributed by atoms with E-state index in [1.54, 1.807) is 28.2 Å². The summed E-state index contributed by atoms with van der Waals surface area (Å²) in [7, 11) is -3.44. The predicted octanol–water partition coefficient (Wildman–Crippen LogP) is 3.61. The van der Waals surface area contributed by atoms with E-state index >= 15 is 0 Å². The van der Waals surface area contributed by atoms with Gasteiger partial charge in [0.2, 0.25) is 10.0 Å². The van der Waals surface area contributed by atoms with Gasteiger partial charge in [0.15, 0.2) is 8.29 Å². The van der Waals surface area contributed by atoms with Gasteiger partial charge in [-0.3, -0.25) is 4.90 Å². The van der Waals surface area contributed by atoms with Crippen molar-refractivity contribution in [2.24, 2.45) is 0 Å². The maximum absolute atomic E-state index is 12.8. The molecule has 0 radical (unpaired) electrons. The third kappa shape index (κ3) is 5.31. The monoisotopic (exact) mass is 456 g/mol. The lowest BCUT2D eigenvalue weighted by atomic mass is 10.2. The fourth-order valence-electron chi connectivity index (χ4n) is 2.78. The summed E-state index contributed by atoms with van der Waals surface area (Å²) in [5, 5.41) is 4.58. The SMILES string of the molecule is C=C(C)CSc1nn(CN2CCN(S(=O)(=O)c3ccc(C)cc3)CC2)c(=S)s1. The van der Waals surface area contributed by atoms with Crippen LogP contribution in [-0.2, 0) is 16.7 Å². The summed E-state index contributed by atoms with van der Waals surface area (Å²) in [6.45, 7) is 10.7. The summed E-state index contributed by atoms with van der Waals surface area (Å²) in [5.41, 5.74) is 2.15. The van der Waals surface area contributed by atoms with Crippen molar-refractivity contribution in [3.8, 4) is 0 Å². The maximum atomic E-state index is 12.8. The van der Waals surface area contributed by atoms with Crippen molar-refractivity contribution < 1.29 is 8.42 Å². The van der Waals surface area contributed by atoms with Crippen LogP contribution in [0.5, 0.6) is 0 Å². The third-order valence-electron chi connectivity index (χ3n) is 4.35. The van der Waals surface area contributed by atoms with Gasteiger partial charge in [-0.15, -0.1) is 0 Å². The van der Waals surface area contributed by atoms with Gasteiger partial charge in [0.1, 0.15) is 0 Å². The van der Waals surface area contributed by atoms with Crippen LogP contribution in [0, 0.1) is 10.9 Å². The molecule has 28 heavy (non-hydrogen) atoms. The molecule has 1 aromatic carbocycles. The van der Waals surface area contributed by atoms with E-state index in [0.717, 1.165) is 25.2 Å². The Labute approximate surface area is 179 Å². The summed E-state index contributed by atoms with van der Waals surface area (Å²) in [5.74, 6) is 0.831. The van der Waals surface area contributed by atoms with E-state index < -0.39 is 10.0 Å². The number of rotatable bonds is 7. The molecule has 0 aliphatic carbocycles. The van der Waals surface area contributed by atoms with Crippen LogP contribution in [0.3, 0.4) is 0 Å². The molecule has 6 nitrogen and oxygen atoms in total. The smallest absolute Gasteiger partial charge is 0.243 e. The Hall–Kier alpha value is -1.04. The summed E-state index contributed by atoms with van der Waals surface area (Å²) in [6, 6.07) is 7.01. The number of thioether (sulfide) groups is 1.